The van der Waals surface area contributed by atoms with E-state index in [2.05, 4.69) is 46.7 Å². The van der Waals surface area contributed by atoms with Gasteiger partial charge in [-0.3, -0.25) is 0 Å². The van der Waals surface area contributed by atoms with Gasteiger partial charge in [0, 0.05) is 24.8 Å². The third kappa shape index (κ3) is 3.43. The molecule has 1 N–H and O–H groups in total. The largest absolute Gasteiger partial charge is 0.385 e. The molecule has 3 rings (SSSR count). The highest BCUT2D eigenvalue weighted by atomic mass is 15.2. The third-order valence-electron chi connectivity index (χ3n) is 4.47. The molecule has 0 bridgehead atoms. The molecule has 1 aliphatic rings. The first-order valence-electron chi connectivity index (χ1n) is 7.90. The van der Waals surface area contributed by atoms with E-state index in [1.165, 1.54) is 31.4 Å². The number of anilines is 1. The second kappa shape index (κ2) is 6.29. The molecule has 0 spiro atoms. The van der Waals surface area contributed by atoms with E-state index in [0.29, 0.717) is 0 Å². The van der Waals surface area contributed by atoms with Crippen LogP contribution in [0.3, 0.4) is 0 Å². The van der Waals surface area contributed by atoms with E-state index in [9.17, 15) is 0 Å². The van der Waals surface area contributed by atoms with E-state index >= 15 is 0 Å². The number of hydrogen-bond acceptors (Lipinski definition) is 3. The van der Waals surface area contributed by atoms with Crippen LogP contribution >= 0.6 is 0 Å². The molecule has 1 aromatic heterocycles. The van der Waals surface area contributed by atoms with Crippen molar-refractivity contribution in [1.29, 1.82) is 0 Å². The lowest BCUT2D eigenvalue weighted by Crippen LogP contribution is -2.20. The molecule has 0 radical (unpaired) electrons. The van der Waals surface area contributed by atoms with Crippen LogP contribution in [-0.4, -0.2) is 21.3 Å². The lowest BCUT2D eigenvalue weighted by molar-refractivity contribution is 0.293. The maximum atomic E-state index is 4.17. The minimum Gasteiger partial charge on any atom is -0.385 e. The van der Waals surface area contributed by atoms with Crippen LogP contribution in [0.25, 0.3) is 11.4 Å². The van der Waals surface area contributed by atoms with Crippen molar-refractivity contribution >= 4 is 5.69 Å². The van der Waals surface area contributed by atoms with Crippen LogP contribution in [0.1, 0.15) is 32.6 Å². The van der Waals surface area contributed by atoms with Gasteiger partial charge in [0.15, 0.2) is 5.82 Å². The van der Waals surface area contributed by atoms with Gasteiger partial charge >= 0.3 is 0 Å². The molecular formula is C17H24N4. The Hall–Kier alpha value is -1.84. The normalized spacial score (nSPS) is 22.2. The monoisotopic (exact) mass is 284 g/mol. The molecule has 1 saturated carbocycles. The highest BCUT2D eigenvalue weighted by Gasteiger charge is 2.18. The van der Waals surface area contributed by atoms with Crippen LogP contribution in [-0.2, 0) is 7.05 Å². The second-order valence-corrected chi connectivity index (χ2v) is 6.36. The molecule has 1 fully saturated rings. The van der Waals surface area contributed by atoms with E-state index in [4.69, 9.17) is 0 Å². The third-order valence-corrected chi connectivity index (χ3v) is 4.47. The summed E-state index contributed by atoms with van der Waals surface area (Å²) in [4.78, 5) is 0. The van der Waals surface area contributed by atoms with E-state index in [0.717, 1.165) is 29.8 Å². The van der Waals surface area contributed by atoms with Crippen molar-refractivity contribution < 1.29 is 0 Å². The quantitative estimate of drug-likeness (QED) is 0.930. The fraction of sp³-hybridized carbons (Fsp3) is 0.529. The van der Waals surface area contributed by atoms with Crippen molar-refractivity contribution in [2.45, 2.75) is 32.6 Å². The standard InChI is InChI=1S/C17H24N4/c1-13-5-3-6-14(9-13)11-18-16-8-4-7-15(10-16)17-20-19-12-21(17)2/h4,7-8,10,12-14,18H,3,5-6,9,11H2,1-2H3. The Morgan fingerprint density at radius 1 is 1.33 bits per heavy atom. The Kier molecular flexibility index (Phi) is 4.23. The van der Waals surface area contributed by atoms with Gasteiger partial charge in [-0.25, -0.2) is 0 Å². The molecule has 1 aliphatic carbocycles. The molecule has 1 aromatic carbocycles. The van der Waals surface area contributed by atoms with Gasteiger partial charge < -0.3 is 9.88 Å². The second-order valence-electron chi connectivity index (χ2n) is 6.36. The van der Waals surface area contributed by atoms with Gasteiger partial charge in [-0.05, 0) is 36.8 Å². The summed E-state index contributed by atoms with van der Waals surface area (Å²) in [5, 5.41) is 11.7. The zero-order chi connectivity index (χ0) is 14.7. The number of rotatable bonds is 4. The summed E-state index contributed by atoms with van der Waals surface area (Å²) in [5.41, 5.74) is 2.28. The number of hydrogen-bond donors (Lipinski definition) is 1. The van der Waals surface area contributed by atoms with Crippen molar-refractivity contribution in [2.24, 2.45) is 18.9 Å². The molecule has 0 saturated heterocycles. The summed E-state index contributed by atoms with van der Waals surface area (Å²) in [6.07, 6.45) is 7.24. The zero-order valence-electron chi connectivity index (χ0n) is 12.9. The van der Waals surface area contributed by atoms with Crippen LogP contribution < -0.4 is 5.32 Å². The smallest absolute Gasteiger partial charge is 0.163 e. The first kappa shape index (κ1) is 14.1. The summed E-state index contributed by atoms with van der Waals surface area (Å²) in [5.74, 6) is 2.60. The lowest BCUT2D eigenvalue weighted by Gasteiger charge is -2.27. The molecule has 1 heterocycles. The number of nitrogens with zero attached hydrogens (tertiary/aromatic N) is 3. The number of benzene rings is 1. The maximum absolute atomic E-state index is 4.17. The number of aromatic nitrogens is 3. The first-order valence-corrected chi connectivity index (χ1v) is 7.90. The summed E-state index contributed by atoms with van der Waals surface area (Å²) in [7, 11) is 1.97. The van der Waals surface area contributed by atoms with E-state index in [-0.39, 0.29) is 0 Å². The average molecular weight is 284 g/mol. The van der Waals surface area contributed by atoms with Crippen molar-refractivity contribution in [3.63, 3.8) is 0 Å². The van der Waals surface area contributed by atoms with Crippen LogP contribution in [0.15, 0.2) is 30.6 Å². The number of aryl methyl sites for hydroxylation is 1. The van der Waals surface area contributed by atoms with Crippen molar-refractivity contribution in [2.75, 3.05) is 11.9 Å². The Labute approximate surface area is 126 Å². The van der Waals surface area contributed by atoms with Gasteiger partial charge in [-0.15, -0.1) is 10.2 Å². The lowest BCUT2D eigenvalue weighted by atomic mass is 9.82. The van der Waals surface area contributed by atoms with Gasteiger partial charge in [0.25, 0.3) is 0 Å². The minimum atomic E-state index is 0.812. The highest BCUT2D eigenvalue weighted by molar-refractivity contribution is 5.62. The van der Waals surface area contributed by atoms with Gasteiger partial charge in [0.05, 0.1) is 0 Å². The molecule has 4 nitrogen and oxygen atoms in total. The van der Waals surface area contributed by atoms with Gasteiger partial charge in [-0.2, -0.15) is 0 Å². The van der Waals surface area contributed by atoms with Gasteiger partial charge in [-0.1, -0.05) is 31.9 Å². The summed E-state index contributed by atoms with van der Waals surface area (Å²) in [6.45, 7) is 3.45. The summed E-state index contributed by atoms with van der Waals surface area (Å²) >= 11 is 0. The Balaban J connectivity index is 1.65. The molecule has 2 unspecified atom stereocenters. The van der Waals surface area contributed by atoms with Crippen LogP contribution in [0.4, 0.5) is 5.69 Å². The fourth-order valence-electron chi connectivity index (χ4n) is 3.32. The highest BCUT2D eigenvalue weighted by Crippen LogP contribution is 2.29. The molecule has 21 heavy (non-hydrogen) atoms. The Bertz CT molecular complexity index is 590. The average Bonchev–Trinajstić information content (AvgIpc) is 2.92. The minimum absolute atomic E-state index is 0.812. The molecule has 2 atom stereocenters. The van der Waals surface area contributed by atoms with Gasteiger partial charge in [0.1, 0.15) is 6.33 Å². The Morgan fingerprint density at radius 2 is 2.24 bits per heavy atom. The fourth-order valence-corrected chi connectivity index (χ4v) is 3.32. The molecule has 4 heteroatoms. The van der Waals surface area contributed by atoms with Crippen molar-refractivity contribution in [3.05, 3.63) is 30.6 Å². The SMILES string of the molecule is CC1CCCC(CNc2cccc(-c3nncn3C)c2)C1. The van der Waals surface area contributed by atoms with Gasteiger partial charge in [0.2, 0.25) is 0 Å². The molecule has 0 amide bonds. The van der Waals surface area contributed by atoms with E-state index in [1.54, 1.807) is 6.33 Å². The Morgan fingerprint density at radius 3 is 3.00 bits per heavy atom. The molecule has 0 aliphatic heterocycles. The first-order chi connectivity index (χ1) is 10.2. The molecule has 112 valence electrons. The van der Waals surface area contributed by atoms with Crippen LogP contribution in [0.2, 0.25) is 0 Å². The van der Waals surface area contributed by atoms with Crippen LogP contribution in [0, 0.1) is 11.8 Å². The zero-order valence-corrected chi connectivity index (χ0v) is 12.9. The van der Waals surface area contributed by atoms with E-state index < -0.39 is 0 Å². The van der Waals surface area contributed by atoms with Crippen LogP contribution in [0.5, 0.6) is 0 Å². The predicted octanol–water partition coefficient (Wildman–Crippen LogP) is 3.72. The predicted molar refractivity (Wildman–Crippen MR) is 86.1 cm³/mol. The maximum Gasteiger partial charge on any atom is 0.163 e. The van der Waals surface area contributed by atoms with Crippen molar-refractivity contribution in [3.8, 4) is 11.4 Å². The molecular weight excluding hydrogens is 260 g/mol. The summed E-state index contributed by atoms with van der Waals surface area (Å²) < 4.78 is 1.95. The number of nitrogens with one attached hydrogen (secondary N) is 1. The molecule has 2 aromatic rings. The van der Waals surface area contributed by atoms with Crippen molar-refractivity contribution in [1.82, 2.24) is 14.8 Å². The summed E-state index contributed by atoms with van der Waals surface area (Å²) in [6, 6.07) is 8.45. The topological polar surface area (TPSA) is 42.7 Å². The van der Waals surface area contributed by atoms with E-state index in [1.807, 2.05) is 11.6 Å².